The highest BCUT2D eigenvalue weighted by atomic mass is 16.3. The first kappa shape index (κ1) is 21.1. The maximum Gasteiger partial charge on any atom is 0.273 e. The van der Waals surface area contributed by atoms with Crippen LogP contribution in [0.5, 0.6) is 0 Å². The van der Waals surface area contributed by atoms with E-state index in [0.29, 0.717) is 11.8 Å². The number of hydrogen-bond donors (Lipinski definition) is 4. The summed E-state index contributed by atoms with van der Waals surface area (Å²) in [5.74, 6) is 15.3. The maximum atomic E-state index is 13.0. The number of carbonyl (C=O) groups excluding carboxylic acids is 1. The predicted octanol–water partition coefficient (Wildman–Crippen LogP) is 2.34. The van der Waals surface area contributed by atoms with Crippen molar-refractivity contribution in [3.63, 3.8) is 0 Å². The lowest BCUT2D eigenvalue weighted by atomic mass is 9.48. The van der Waals surface area contributed by atoms with Crippen LogP contribution in [0.4, 0.5) is 0 Å². The molecular weight excluding hydrogens is 364 g/mol. The molecule has 6 heteroatoms. The number of nitrogens with zero attached hydrogens (tertiary/aromatic N) is 1. The molecule has 0 aromatic carbocycles. The first-order valence-electron chi connectivity index (χ1n) is 11.9. The summed E-state index contributed by atoms with van der Waals surface area (Å²) in [4.78, 5) is 13.0. The Kier molecular flexibility index (Phi) is 5.71. The van der Waals surface area contributed by atoms with Gasteiger partial charge in [0.1, 0.15) is 0 Å². The zero-order valence-corrected chi connectivity index (χ0v) is 18.3. The third-order valence-corrected chi connectivity index (χ3v) is 9.73. The molecule has 8 atom stereocenters. The average molecular weight is 406 g/mol. The Hall–Kier alpha value is -1.14. The Bertz CT molecular complexity index is 667. The molecule has 0 aliphatic heterocycles. The Balaban J connectivity index is 1.47. The van der Waals surface area contributed by atoms with Crippen LogP contribution in [0.2, 0.25) is 0 Å². The van der Waals surface area contributed by atoms with E-state index in [-0.39, 0.29) is 23.7 Å². The number of Topliss-reactive ketones (excluding diaryl/α,β-unsaturated/α-hetero) is 1. The Labute approximate surface area is 175 Å². The molecule has 0 aromatic heterocycles. The molecule has 4 aliphatic carbocycles. The van der Waals surface area contributed by atoms with Crippen LogP contribution in [-0.4, -0.2) is 34.1 Å². The van der Waals surface area contributed by atoms with Crippen LogP contribution in [0.1, 0.15) is 78.1 Å². The second-order valence-corrected chi connectivity index (χ2v) is 10.9. The number of rotatable bonds is 5. The molecule has 6 N–H and O–H groups in total. The van der Waals surface area contributed by atoms with Gasteiger partial charge in [0.2, 0.25) is 0 Å². The number of fused-ring (bicyclic) bond motifs is 5. The lowest BCUT2D eigenvalue weighted by Crippen LogP contribution is -2.51. The van der Waals surface area contributed by atoms with Crippen molar-refractivity contribution in [1.29, 1.82) is 0 Å². The van der Waals surface area contributed by atoms with Crippen molar-refractivity contribution in [3.05, 3.63) is 0 Å². The topological polar surface area (TPSA) is 104 Å². The molecule has 0 radical (unpaired) electrons. The summed E-state index contributed by atoms with van der Waals surface area (Å²) in [5, 5.41) is 10.8. The van der Waals surface area contributed by atoms with Gasteiger partial charge in [-0.15, -0.1) is 0 Å². The number of aliphatic hydroxyl groups is 1. The molecule has 0 bridgehead atoms. The van der Waals surface area contributed by atoms with Crippen LogP contribution in [-0.2, 0) is 4.79 Å². The quantitative estimate of drug-likeness (QED) is 0.185. The van der Waals surface area contributed by atoms with Gasteiger partial charge in [-0.1, -0.05) is 13.8 Å². The second-order valence-electron chi connectivity index (χ2n) is 10.9. The van der Waals surface area contributed by atoms with Crippen LogP contribution >= 0.6 is 0 Å². The van der Waals surface area contributed by atoms with E-state index in [1.54, 1.807) is 0 Å². The van der Waals surface area contributed by atoms with Gasteiger partial charge in [0.25, 0.3) is 6.34 Å². The fourth-order valence-electron chi connectivity index (χ4n) is 8.24. The van der Waals surface area contributed by atoms with Crippen LogP contribution in [0.3, 0.4) is 0 Å². The summed E-state index contributed by atoms with van der Waals surface area (Å²) < 4.78 is 1.37. The highest BCUT2D eigenvalue weighted by Crippen LogP contribution is 2.64. The number of ketones is 1. The second kappa shape index (κ2) is 7.84. The van der Waals surface area contributed by atoms with E-state index in [2.05, 4.69) is 19.3 Å². The zero-order valence-electron chi connectivity index (χ0n) is 18.3. The Morgan fingerprint density at radius 3 is 2.62 bits per heavy atom. The highest BCUT2D eigenvalue weighted by Gasteiger charge is 2.59. The third kappa shape index (κ3) is 3.60. The normalized spacial score (nSPS) is 47.1. The molecule has 0 amide bonds. The van der Waals surface area contributed by atoms with E-state index in [1.807, 2.05) is 0 Å². The van der Waals surface area contributed by atoms with Crippen LogP contribution in [0.15, 0.2) is 0 Å². The van der Waals surface area contributed by atoms with Crippen molar-refractivity contribution in [2.75, 3.05) is 6.54 Å². The predicted molar refractivity (Wildman–Crippen MR) is 114 cm³/mol. The van der Waals surface area contributed by atoms with Crippen molar-refractivity contribution in [1.82, 2.24) is 5.43 Å². The minimum Gasteiger partial charge on any atom is -0.390 e. The van der Waals surface area contributed by atoms with E-state index in [9.17, 15) is 9.90 Å². The van der Waals surface area contributed by atoms with E-state index in [0.717, 1.165) is 43.4 Å². The molecule has 164 valence electrons. The molecule has 4 rings (SSSR count). The van der Waals surface area contributed by atoms with Crippen molar-refractivity contribution in [2.45, 2.75) is 83.7 Å². The zero-order chi connectivity index (χ0) is 20.8. The SMILES string of the molecule is CCC1(O)CCC2C(CCC3C2CCC2(C)C(C(=O)C[N+](N)=CNN)CCC32)C1. The van der Waals surface area contributed by atoms with Crippen LogP contribution < -0.4 is 17.1 Å². The molecule has 0 aromatic rings. The van der Waals surface area contributed by atoms with Gasteiger partial charge < -0.3 is 5.11 Å². The van der Waals surface area contributed by atoms with E-state index >= 15 is 0 Å². The standard InChI is InChI=1S/C23H40N4O2/c1-3-23(29)11-9-16-15(12-23)4-5-18-17(16)8-10-22(2)19(18)6-7-20(22)21(28)13-27(25)14-26-24/h14-20,29H,3-13,24-25H2,1-2H3/p+1. The minimum absolute atomic E-state index is 0.125. The summed E-state index contributed by atoms with van der Waals surface area (Å²) in [6.07, 6.45) is 12.7. The molecule has 8 unspecified atom stereocenters. The molecule has 4 aliphatic rings. The van der Waals surface area contributed by atoms with Crippen molar-refractivity contribution in [3.8, 4) is 0 Å². The lowest BCUT2D eigenvalue weighted by molar-refractivity contribution is -0.525. The Morgan fingerprint density at radius 2 is 1.90 bits per heavy atom. The number of hydrazone groups is 1. The highest BCUT2D eigenvalue weighted by molar-refractivity contribution is 5.83. The first-order valence-corrected chi connectivity index (χ1v) is 11.9. The van der Waals surface area contributed by atoms with Gasteiger partial charge in [0.15, 0.2) is 12.3 Å². The largest absolute Gasteiger partial charge is 0.390 e. The van der Waals surface area contributed by atoms with Crippen molar-refractivity contribution < 1.29 is 14.6 Å². The molecule has 6 nitrogen and oxygen atoms in total. The average Bonchev–Trinajstić information content (AvgIpc) is 3.05. The molecule has 4 saturated carbocycles. The number of carbonyl (C=O) groups is 1. The van der Waals surface area contributed by atoms with E-state index in [4.69, 9.17) is 11.7 Å². The van der Waals surface area contributed by atoms with Gasteiger partial charge in [-0.25, -0.2) is 5.43 Å². The molecule has 29 heavy (non-hydrogen) atoms. The van der Waals surface area contributed by atoms with Crippen LogP contribution in [0, 0.1) is 40.9 Å². The lowest BCUT2D eigenvalue weighted by Gasteiger charge is -2.57. The van der Waals surface area contributed by atoms with Gasteiger partial charge in [-0.05, 0) is 99.2 Å². The molecule has 0 spiro atoms. The van der Waals surface area contributed by atoms with Gasteiger partial charge in [0, 0.05) is 5.92 Å². The molecule has 0 heterocycles. The van der Waals surface area contributed by atoms with E-state index in [1.165, 1.54) is 49.5 Å². The summed E-state index contributed by atoms with van der Waals surface area (Å²) in [7, 11) is 0. The molecular formula is C23H41N4O2+. The van der Waals surface area contributed by atoms with Crippen molar-refractivity contribution >= 4 is 12.1 Å². The minimum atomic E-state index is -0.411. The summed E-state index contributed by atoms with van der Waals surface area (Å²) in [6, 6.07) is 0. The Morgan fingerprint density at radius 1 is 1.14 bits per heavy atom. The first-order chi connectivity index (χ1) is 13.8. The van der Waals surface area contributed by atoms with Gasteiger partial charge in [-0.2, -0.15) is 10.5 Å². The number of hydrazine groups is 2. The number of nitrogens with two attached hydrogens (primary N) is 2. The van der Waals surface area contributed by atoms with Gasteiger partial charge >= 0.3 is 0 Å². The summed E-state index contributed by atoms with van der Waals surface area (Å²) in [6.45, 7) is 4.75. The summed E-state index contributed by atoms with van der Waals surface area (Å²) in [5.41, 5.74) is 2.12. The fraction of sp³-hybridized carbons (Fsp3) is 0.913. The maximum absolute atomic E-state index is 13.0. The molecule has 4 fully saturated rings. The van der Waals surface area contributed by atoms with Crippen molar-refractivity contribution in [2.24, 2.45) is 52.6 Å². The monoisotopic (exact) mass is 405 g/mol. The van der Waals surface area contributed by atoms with Gasteiger partial charge in [0.05, 0.1) is 5.60 Å². The number of hydrogen-bond acceptors (Lipinski definition) is 4. The summed E-state index contributed by atoms with van der Waals surface area (Å²) >= 11 is 0. The fourth-order valence-corrected chi connectivity index (χ4v) is 8.24. The van der Waals surface area contributed by atoms with Gasteiger partial charge in [-0.3, -0.25) is 10.6 Å². The number of nitrogens with one attached hydrogen (secondary N) is 1. The van der Waals surface area contributed by atoms with E-state index < -0.39 is 5.60 Å². The molecule has 0 saturated heterocycles. The smallest absolute Gasteiger partial charge is 0.273 e. The third-order valence-electron chi connectivity index (χ3n) is 9.73. The van der Waals surface area contributed by atoms with Crippen LogP contribution in [0.25, 0.3) is 0 Å².